The Morgan fingerprint density at radius 2 is 1.50 bits per heavy atom. The predicted octanol–water partition coefficient (Wildman–Crippen LogP) is 2.17. The second kappa shape index (κ2) is 3.39. The Kier molecular flexibility index (Phi) is 2.73. The highest BCUT2D eigenvalue weighted by atomic mass is 35.7. The number of halogens is 5. The zero-order valence-corrected chi connectivity index (χ0v) is 7.76. The topological polar surface area (TPSA) is 34.1 Å². The van der Waals surface area contributed by atoms with Crippen LogP contribution >= 0.6 is 10.7 Å². The number of hydrogen-bond acceptors (Lipinski definition) is 2. The van der Waals surface area contributed by atoms with E-state index < -0.39 is 37.2 Å². The second-order valence-electron chi connectivity index (χ2n) is 2.24. The van der Waals surface area contributed by atoms with Gasteiger partial charge < -0.3 is 0 Å². The lowest BCUT2D eigenvalue weighted by Gasteiger charge is -2.01. The van der Waals surface area contributed by atoms with E-state index in [0.717, 1.165) is 0 Å². The number of benzene rings is 1. The van der Waals surface area contributed by atoms with Gasteiger partial charge in [0, 0.05) is 10.7 Å². The van der Waals surface area contributed by atoms with Gasteiger partial charge >= 0.3 is 0 Å². The normalized spacial score (nSPS) is 11.8. The average molecular weight is 249 g/mol. The molecule has 78 valence electrons. The van der Waals surface area contributed by atoms with Crippen LogP contribution in [-0.2, 0) is 9.05 Å². The van der Waals surface area contributed by atoms with E-state index in [1.807, 2.05) is 0 Å². The van der Waals surface area contributed by atoms with Crippen molar-refractivity contribution in [1.29, 1.82) is 0 Å². The molecule has 0 fully saturated rings. The Labute approximate surface area is 80.5 Å². The Bertz CT molecular complexity index is 485. The first-order valence-electron chi connectivity index (χ1n) is 3.03. The van der Waals surface area contributed by atoms with Gasteiger partial charge in [0.2, 0.25) is 0 Å². The highest BCUT2D eigenvalue weighted by molar-refractivity contribution is 8.13. The van der Waals surface area contributed by atoms with E-state index in [1.54, 1.807) is 0 Å². The van der Waals surface area contributed by atoms with Gasteiger partial charge in [-0.2, -0.15) is 0 Å². The molecule has 14 heavy (non-hydrogen) atoms. The molecule has 1 aromatic rings. The fourth-order valence-corrected chi connectivity index (χ4v) is 1.61. The molecule has 0 amide bonds. The summed E-state index contributed by atoms with van der Waals surface area (Å²) in [7, 11) is -0.00814. The summed E-state index contributed by atoms with van der Waals surface area (Å²) < 4.78 is 71.0. The van der Waals surface area contributed by atoms with Crippen LogP contribution in [0.5, 0.6) is 0 Å². The van der Waals surface area contributed by atoms with Gasteiger partial charge in [0.25, 0.3) is 9.05 Å². The molecule has 0 radical (unpaired) electrons. The molecule has 0 heterocycles. The summed E-state index contributed by atoms with van der Waals surface area (Å²) in [5, 5.41) is 0. The fraction of sp³-hybridized carbons (Fsp3) is 0. The summed E-state index contributed by atoms with van der Waals surface area (Å²) in [6.45, 7) is 0. The third kappa shape index (κ3) is 1.83. The second-order valence-corrected chi connectivity index (χ2v) is 4.77. The zero-order chi connectivity index (χ0) is 11.1. The van der Waals surface area contributed by atoms with Crippen LogP contribution in [0.15, 0.2) is 11.0 Å². The van der Waals surface area contributed by atoms with Crippen molar-refractivity contribution in [3.05, 3.63) is 29.3 Å². The zero-order valence-electron chi connectivity index (χ0n) is 6.19. The van der Waals surface area contributed by atoms with Crippen LogP contribution in [0.25, 0.3) is 0 Å². The SMILES string of the molecule is O=S(=O)(Cl)c1cc(F)c(F)c(F)c1F. The molecule has 2 nitrogen and oxygen atoms in total. The lowest BCUT2D eigenvalue weighted by atomic mass is 10.3. The summed E-state index contributed by atoms with van der Waals surface area (Å²) in [5.41, 5.74) is 0. The fourth-order valence-electron chi connectivity index (χ4n) is 0.729. The molecule has 0 aliphatic carbocycles. The van der Waals surface area contributed by atoms with Crippen molar-refractivity contribution in [2.24, 2.45) is 0 Å². The molecule has 0 atom stereocenters. The van der Waals surface area contributed by atoms with E-state index >= 15 is 0 Å². The standard InChI is InChI=1S/C6HClF4O2S/c7-14(12,13)3-1-2(8)4(9)6(11)5(3)10/h1H. The van der Waals surface area contributed by atoms with Crippen LogP contribution in [-0.4, -0.2) is 8.42 Å². The van der Waals surface area contributed by atoms with Gasteiger partial charge in [-0.25, -0.2) is 26.0 Å². The van der Waals surface area contributed by atoms with Crippen molar-refractivity contribution in [2.45, 2.75) is 4.90 Å². The molecular weight excluding hydrogens is 248 g/mol. The van der Waals surface area contributed by atoms with Crippen LogP contribution in [0.4, 0.5) is 17.6 Å². The molecule has 0 aliphatic rings. The van der Waals surface area contributed by atoms with E-state index in [-0.39, 0.29) is 6.07 Å². The van der Waals surface area contributed by atoms with Gasteiger partial charge in [-0.1, -0.05) is 0 Å². The monoisotopic (exact) mass is 248 g/mol. The molecule has 0 bridgehead atoms. The summed E-state index contributed by atoms with van der Waals surface area (Å²) >= 11 is 0. The van der Waals surface area contributed by atoms with E-state index in [1.165, 1.54) is 0 Å². The third-order valence-electron chi connectivity index (χ3n) is 1.33. The Morgan fingerprint density at radius 3 is 1.93 bits per heavy atom. The molecule has 0 aromatic heterocycles. The van der Waals surface area contributed by atoms with Gasteiger partial charge in [-0.05, 0) is 6.07 Å². The van der Waals surface area contributed by atoms with Crippen LogP contribution in [0.3, 0.4) is 0 Å². The first kappa shape index (κ1) is 11.3. The van der Waals surface area contributed by atoms with Crippen LogP contribution in [0.1, 0.15) is 0 Å². The largest absolute Gasteiger partial charge is 0.264 e. The van der Waals surface area contributed by atoms with E-state index in [4.69, 9.17) is 0 Å². The summed E-state index contributed by atoms with van der Waals surface area (Å²) in [5.74, 6) is -8.18. The quantitative estimate of drug-likeness (QED) is 0.330. The highest BCUT2D eigenvalue weighted by Crippen LogP contribution is 2.24. The molecule has 8 heteroatoms. The van der Waals surface area contributed by atoms with Gasteiger partial charge in [-0.15, -0.1) is 0 Å². The molecule has 1 aromatic carbocycles. The molecule has 1 rings (SSSR count). The van der Waals surface area contributed by atoms with Crippen LogP contribution < -0.4 is 0 Å². The van der Waals surface area contributed by atoms with Crippen molar-refractivity contribution in [2.75, 3.05) is 0 Å². The number of rotatable bonds is 1. The van der Waals surface area contributed by atoms with Crippen molar-refractivity contribution in [1.82, 2.24) is 0 Å². The van der Waals surface area contributed by atoms with E-state index in [0.29, 0.717) is 0 Å². The molecule has 0 spiro atoms. The Balaban J connectivity index is 3.66. The first-order chi connectivity index (χ1) is 6.25. The summed E-state index contributed by atoms with van der Waals surface area (Å²) in [6.07, 6.45) is 0. The smallest absolute Gasteiger partial charge is 0.207 e. The molecule has 0 aliphatic heterocycles. The first-order valence-corrected chi connectivity index (χ1v) is 5.33. The van der Waals surface area contributed by atoms with Gasteiger partial charge in [-0.3, -0.25) is 0 Å². The predicted molar refractivity (Wildman–Crippen MR) is 39.3 cm³/mol. The third-order valence-corrected chi connectivity index (χ3v) is 2.65. The minimum Gasteiger partial charge on any atom is -0.207 e. The van der Waals surface area contributed by atoms with Crippen LogP contribution in [0, 0.1) is 23.3 Å². The summed E-state index contributed by atoms with van der Waals surface area (Å²) in [6, 6.07) is -0.0317. The molecule has 0 unspecified atom stereocenters. The minimum atomic E-state index is -4.64. The van der Waals surface area contributed by atoms with Gasteiger partial charge in [0.05, 0.1) is 0 Å². The average Bonchev–Trinajstić information content (AvgIpc) is 2.06. The van der Waals surface area contributed by atoms with Gasteiger partial charge in [0.15, 0.2) is 23.3 Å². The van der Waals surface area contributed by atoms with Crippen molar-refractivity contribution in [3.8, 4) is 0 Å². The van der Waals surface area contributed by atoms with Crippen molar-refractivity contribution in [3.63, 3.8) is 0 Å². The molecule has 0 saturated heterocycles. The Hall–Kier alpha value is -0.820. The van der Waals surface area contributed by atoms with E-state index in [2.05, 4.69) is 10.7 Å². The van der Waals surface area contributed by atoms with Crippen molar-refractivity contribution >= 4 is 19.7 Å². The van der Waals surface area contributed by atoms with Crippen LogP contribution in [0.2, 0.25) is 0 Å². The molecule has 0 saturated carbocycles. The number of hydrogen-bond donors (Lipinski definition) is 0. The lowest BCUT2D eigenvalue weighted by Crippen LogP contribution is -2.03. The lowest BCUT2D eigenvalue weighted by molar-refractivity contribution is 0.396. The maximum Gasteiger partial charge on any atom is 0.264 e. The Morgan fingerprint density at radius 1 is 1.00 bits per heavy atom. The molecular formula is C6HClF4O2S. The van der Waals surface area contributed by atoms with Gasteiger partial charge in [0.1, 0.15) is 4.90 Å². The molecule has 0 N–H and O–H groups in total. The maximum atomic E-state index is 12.7. The summed E-state index contributed by atoms with van der Waals surface area (Å²) in [4.78, 5) is -1.43. The minimum absolute atomic E-state index is 0.0317. The highest BCUT2D eigenvalue weighted by Gasteiger charge is 2.25. The maximum absolute atomic E-state index is 12.7. The van der Waals surface area contributed by atoms with Crippen molar-refractivity contribution < 1.29 is 26.0 Å². The van der Waals surface area contributed by atoms with E-state index in [9.17, 15) is 26.0 Å².